The number of carbonyl (C=O) groups excluding carboxylic acids is 2. The van der Waals surface area contributed by atoms with Gasteiger partial charge in [0.2, 0.25) is 0 Å². The molecule has 3 aliphatic rings. The molecule has 1 saturated carbocycles. The fourth-order valence-corrected chi connectivity index (χ4v) is 9.31. The normalized spacial score (nSPS) is 22.8. The van der Waals surface area contributed by atoms with Crippen molar-refractivity contribution in [1.82, 2.24) is 10.2 Å². The summed E-state index contributed by atoms with van der Waals surface area (Å²) in [7, 11) is 0. The van der Waals surface area contributed by atoms with Gasteiger partial charge >= 0.3 is 6.03 Å². The largest absolute Gasteiger partial charge is 0.393 e. The van der Waals surface area contributed by atoms with E-state index in [4.69, 9.17) is 0 Å². The minimum Gasteiger partial charge on any atom is -0.393 e. The minimum absolute atomic E-state index is 0.0681. The molecule has 1 fully saturated rings. The Balaban J connectivity index is 1.30. The second kappa shape index (κ2) is 17.5. The van der Waals surface area contributed by atoms with Crippen LogP contribution in [0.1, 0.15) is 109 Å². The number of aliphatic hydroxyl groups excluding tert-OH is 1. The molecule has 8 rings (SSSR count). The Bertz CT molecular complexity index is 2190. The molecule has 5 aromatic carbocycles. The molecule has 5 aromatic rings. The number of amides is 2. The summed E-state index contributed by atoms with van der Waals surface area (Å²) in [6.45, 7) is 6.75. The molecule has 6 nitrogen and oxygen atoms in total. The molecule has 2 bridgehead atoms. The Morgan fingerprint density at radius 1 is 0.825 bits per heavy atom. The van der Waals surface area contributed by atoms with Crippen molar-refractivity contribution < 1.29 is 19.8 Å². The van der Waals surface area contributed by atoms with Crippen LogP contribution in [0.15, 0.2) is 145 Å². The highest BCUT2D eigenvalue weighted by molar-refractivity contribution is 6.13. The van der Waals surface area contributed by atoms with E-state index >= 15 is 4.79 Å². The van der Waals surface area contributed by atoms with Crippen LogP contribution in [0.2, 0.25) is 0 Å². The maximum atomic E-state index is 15.1. The number of rotatable bonds is 9. The maximum Gasteiger partial charge on any atom is 0.318 e. The van der Waals surface area contributed by atoms with Crippen molar-refractivity contribution in [1.29, 1.82) is 0 Å². The van der Waals surface area contributed by atoms with Gasteiger partial charge in [-0.15, -0.1) is 0 Å². The Kier molecular flexibility index (Phi) is 12.2. The molecule has 5 unspecified atom stereocenters. The van der Waals surface area contributed by atoms with E-state index in [1.54, 1.807) is 4.90 Å². The van der Waals surface area contributed by atoms with E-state index in [-0.39, 0.29) is 30.3 Å². The van der Waals surface area contributed by atoms with Gasteiger partial charge in [-0.2, -0.15) is 0 Å². The fourth-order valence-electron chi connectivity index (χ4n) is 9.31. The van der Waals surface area contributed by atoms with Crippen molar-refractivity contribution >= 4 is 11.8 Å². The van der Waals surface area contributed by atoms with Gasteiger partial charge in [0.15, 0.2) is 5.78 Å². The summed E-state index contributed by atoms with van der Waals surface area (Å²) in [4.78, 5) is 31.2. The van der Waals surface area contributed by atoms with E-state index in [0.29, 0.717) is 49.8 Å². The molecule has 0 spiro atoms. The molecule has 3 aliphatic carbocycles. The number of benzene rings is 5. The van der Waals surface area contributed by atoms with Crippen LogP contribution in [0.25, 0.3) is 11.1 Å². The highest BCUT2D eigenvalue weighted by Gasteiger charge is 2.57. The molecule has 0 aromatic heterocycles. The van der Waals surface area contributed by atoms with E-state index in [1.165, 1.54) is 5.57 Å². The Morgan fingerprint density at radius 3 is 2.23 bits per heavy atom. The van der Waals surface area contributed by atoms with Crippen LogP contribution < -0.4 is 5.32 Å². The number of hydrogen-bond donors (Lipinski definition) is 3. The first-order valence-electron chi connectivity index (χ1n) is 20.6. The SMILES string of the molecule is CC1=CCCC2(C)C(CCC2(O)CN(Cc2ccccc2)C(=O)NC(C)c2ccccc2)c2ccc(cc2C(=O)c2ccccc2-c2ccccc2)CC(O)CC1. The Hall–Kier alpha value is -5.30. The highest BCUT2D eigenvalue weighted by atomic mass is 16.3. The number of hydrogen-bond acceptors (Lipinski definition) is 4. The number of nitrogens with one attached hydrogen (secondary N) is 1. The van der Waals surface area contributed by atoms with E-state index in [9.17, 15) is 15.0 Å². The first kappa shape index (κ1) is 39.9. The minimum atomic E-state index is -1.27. The van der Waals surface area contributed by atoms with Gasteiger partial charge in [-0.3, -0.25) is 4.79 Å². The number of aliphatic hydroxyl groups is 2. The third-order valence-corrected chi connectivity index (χ3v) is 12.8. The van der Waals surface area contributed by atoms with Gasteiger partial charge in [-0.25, -0.2) is 4.79 Å². The van der Waals surface area contributed by atoms with Crippen molar-refractivity contribution in [3.05, 3.63) is 178 Å². The van der Waals surface area contributed by atoms with E-state index in [0.717, 1.165) is 46.2 Å². The molecule has 2 amide bonds. The average Bonchev–Trinajstić information content (AvgIpc) is 3.48. The summed E-state index contributed by atoms with van der Waals surface area (Å²) in [5, 5.41) is 27.6. The number of fused-ring (bicyclic) bond motifs is 8. The lowest BCUT2D eigenvalue weighted by Crippen LogP contribution is -2.55. The van der Waals surface area contributed by atoms with E-state index < -0.39 is 17.1 Å². The van der Waals surface area contributed by atoms with Crippen molar-refractivity contribution in [2.45, 2.75) is 95.9 Å². The number of carbonyl (C=O) groups is 2. The lowest BCUT2D eigenvalue weighted by molar-refractivity contribution is -0.0781. The van der Waals surface area contributed by atoms with Gasteiger partial charge in [0.25, 0.3) is 0 Å². The van der Waals surface area contributed by atoms with E-state index in [2.05, 4.69) is 37.4 Å². The molecule has 0 aliphatic heterocycles. The van der Waals surface area contributed by atoms with E-state index in [1.807, 2.05) is 128 Å². The summed E-state index contributed by atoms with van der Waals surface area (Å²) in [5.74, 6) is -0.243. The van der Waals surface area contributed by atoms with Crippen molar-refractivity contribution in [3.63, 3.8) is 0 Å². The van der Waals surface area contributed by atoms with Gasteiger partial charge in [0.1, 0.15) is 0 Å². The summed E-state index contributed by atoms with van der Waals surface area (Å²) in [6.07, 6.45) is 6.07. The lowest BCUT2D eigenvalue weighted by Gasteiger charge is -2.46. The molecular weight excluding hydrogens is 705 g/mol. The summed E-state index contributed by atoms with van der Waals surface area (Å²) in [6, 6.07) is 43.3. The first-order chi connectivity index (χ1) is 27.5. The topological polar surface area (TPSA) is 89.9 Å². The lowest BCUT2D eigenvalue weighted by atomic mass is 9.64. The smallest absolute Gasteiger partial charge is 0.318 e. The monoisotopic (exact) mass is 760 g/mol. The standard InChI is InChI=1S/C51H56N2O4/c1-36-16-15-30-50(3)47(29-31-51(50,57)35-53(34-38-17-7-4-8-18-38)49(56)52-37(2)40-19-9-5-10-20-40)44-28-26-39(32-42(54)27-25-36)33-46(44)48(55)45-24-14-13-23-43(45)41-21-11-6-12-22-41/h4-14,16-24,26,28,33,37,42,47,54,57H,15,25,27,29-32,34-35H2,1-3H3,(H,52,56). The molecule has 5 atom stereocenters. The summed E-state index contributed by atoms with van der Waals surface area (Å²) in [5.41, 5.74) is 6.13. The first-order valence-corrected chi connectivity index (χ1v) is 20.6. The highest BCUT2D eigenvalue weighted by Crippen LogP contribution is 2.59. The van der Waals surface area contributed by atoms with Crippen molar-refractivity contribution in [2.24, 2.45) is 5.41 Å². The van der Waals surface area contributed by atoms with Crippen LogP contribution >= 0.6 is 0 Å². The molecule has 57 heavy (non-hydrogen) atoms. The molecule has 0 heterocycles. The third-order valence-electron chi connectivity index (χ3n) is 12.8. The predicted octanol–water partition coefficient (Wildman–Crippen LogP) is 10.6. The number of urea groups is 1. The fraction of sp³-hybridized carbons (Fsp3) is 0.333. The average molecular weight is 761 g/mol. The van der Waals surface area contributed by atoms with Gasteiger partial charge in [0, 0.05) is 23.1 Å². The predicted molar refractivity (Wildman–Crippen MR) is 229 cm³/mol. The second-order valence-corrected chi connectivity index (χ2v) is 16.6. The van der Waals surface area contributed by atoms with Crippen LogP contribution in [0.4, 0.5) is 4.79 Å². The number of ketones is 1. The van der Waals surface area contributed by atoms with Gasteiger partial charge in [-0.1, -0.05) is 146 Å². The Morgan fingerprint density at radius 2 is 1.49 bits per heavy atom. The van der Waals surface area contributed by atoms with Crippen LogP contribution in [0.5, 0.6) is 0 Å². The molecular formula is C51H56N2O4. The zero-order valence-electron chi connectivity index (χ0n) is 33.5. The number of allylic oxidation sites excluding steroid dienone is 2. The molecule has 0 radical (unpaired) electrons. The molecule has 6 heteroatoms. The van der Waals surface area contributed by atoms with Gasteiger partial charge in [0.05, 0.1) is 24.3 Å². The van der Waals surface area contributed by atoms with Crippen molar-refractivity contribution in [3.8, 4) is 11.1 Å². The summed E-state index contributed by atoms with van der Waals surface area (Å²) >= 11 is 0. The summed E-state index contributed by atoms with van der Waals surface area (Å²) < 4.78 is 0. The Labute approximate surface area is 338 Å². The quantitative estimate of drug-likeness (QED) is 0.103. The van der Waals surface area contributed by atoms with Crippen LogP contribution in [0.3, 0.4) is 0 Å². The second-order valence-electron chi connectivity index (χ2n) is 16.6. The zero-order valence-corrected chi connectivity index (χ0v) is 33.5. The molecule has 3 N–H and O–H groups in total. The third kappa shape index (κ3) is 8.83. The van der Waals surface area contributed by atoms with Crippen LogP contribution in [-0.4, -0.2) is 45.2 Å². The zero-order chi connectivity index (χ0) is 40.0. The van der Waals surface area contributed by atoms with Gasteiger partial charge in [-0.05, 0) is 104 Å². The molecule has 294 valence electrons. The maximum absolute atomic E-state index is 15.1. The van der Waals surface area contributed by atoms with Crippen LogP contribution in [-0.2, 0) is 13.0 Å². The molecule has 0 saturated heterocycles. The van der Waals surface area contributed by atoms with Crippen LogP contribution in [0, 0.1) is 5.41 Å². The van der Waals surface area contributed by atoms with Gasteiger partial charge < -0.3 is 20.4 Å². The number of nitrogens with zero attached hydrogens (tertiary/aromatic N) is 1. The van der Waals surface area contributed by atoms with Crippen molar-refractivity contribution in [2.75, 3.05) is 6.54 Å².